The van der Waals surface area contributed by atoms with E-state index in [0.717, 1.165) is 13.2 Å². The number of rotatable bonds is 0. The second-order valence-corrected chi connectivity index (χ2v) is 4.86. The van der Waals surface area contributed by atoms with E-state index < -0.39 is 0 Å². The van der Waals surface area contributed by atoms with Crippen LogP contribution in [0.3, 0.4) is 0 Å². The monoisotopic (exact) mass is 291 g/mol. The van der Waals surface area contributed by atoms with Gasteiger partial charge in [-0.25, -0.2) is 0 Å². The fourth-order valence-corrected chi connectivity index (χ4v) is 1.99. The molecule has 7 heteroatoms. The number of morpholine rings is 1. The van der Waals surface area contributed by atoms with Crippen LogP contribution >= 0.6 is 0 Å². The topological polar surface area (TPSA) is 100 Å². The molecule has 1 aromatic heterocycles. The van der Waals surface area contributed by atoms with Crippen LogP contribution in [0.1, 0.15) is 16.7 Å². The van der Waals surface area contributed by atoms with Crippen molar-refractivity contribution in [3.05, 3.63) is 16.7 Å². The van der Waals surface area contributed by atoms with Crippen molar-refractivity contribution in [2.24, 2.45) is 0 Å². The van der Waals surface area contributed by atoms with Crippen molar-refractivity contribution < 1.29 is 9.64 Å². The highest BCUT2D eigenvalue weighted by Gasteiger charge is 2.08. The molecule has 6 nitrogen and oxygen atoms in total. The first kappa shape index (κ1) is 16.1. The number of likely N-dealkylation sites (N-methyl/N-ethyl adjacent to an activating group) is 1. The molecule has 0 saturated carbocycles. The number of hydrogen-bond acceptors (Lipinski definition) is 6. The Labute approximate surface area is 124 Å². The third kappa shape index (κ3) is 4.04. The summed E-state index contributed by atoms with van der Waals surface area (Å²) in [4.78, 5) is 5.31. The zero-order valence-electron chi connectivity index (χ0n) is 11.6. The molecule has 20 heavy (non-hydrogen) atoms. The quantitative estimate of drug-likeness (QED) is 0.604. The summed E-state index contributed by atoms with van der Waals surface area (Å²) in [6, 6.07) is 3.77. The van der Waals surface area contributed by atoms with Crippen molar-refractivity contribution in [1.82, 2.24) is 4.98 Å². The lowest BCUT2D eigenvalue weighted by atomic mass is 10.1. The molecule has 3 N–H and O–H groups in total. The summed E-state index contributed by atoms with van der Waals surface area (Å²) >= 11 is 4.81. The number of anilines is 1. The molecule has 0 aromatic carbocycles. The predicted molar refractivity (Wildman–Crippen MR) is 75.9 cm³/mol. The second kappa shape index (κ2) is 7.61. The molecule has 1 aromatic rings. The first-order chi connectivity index (χ1) is 9.51. The van der Waals surface area contributed by atoms with Crippen molar-refractivity contribution in [3.8, 4) is 12.1 Å². The van der Waals surface area contributed by atoms with Crippen LogP contribution in [-0.2, 0) is 17.4 Å². The van der Waals surface area contributed by atoms with E-state index in [9.17, 15) is 0 Å². The predicted octanol–water partition coefficient (Wildman–Crippen LogP) is -0.847. The van der Waals surface area contributed by atoms with E-state index in [1.54, 1.807) is 11.8 Å². The van der Waals surface area contributed by atoms with Crippen LogP contribution in [0.4, 0.5) is 5.82 Å². The highest BCUT2D eigenvalue weighted by Crippen LogP contribution is 2.19. The molecule has 2 heterocycles. The smallest absolute Gasteiger partial charge is 0.139 e. The van der Waals surface area contributed by atoms with Gasteiger partial charge in [-0.3, -0.25) is 4.98 Å². The maximum Gasteiger partial charge on any atom is 0.139 e. The normalized spacial score (nSPS) is 14.6. The van der Waals surface area contributed by atoms with Gasteiger partial charge >= 0.3 is 0 Å². The lowest BCUT2D eigenvalue weighted by molar-refractivity contribution is -0.888. The second-order valence-electron chi connectivity index (χ2n) is 4.47. The van der Waals surface area contributed by atoms with E-state index >= 15 is 0 Å². The number of nitrogen functional groups attached to an aromatic ring is 1. The summed E-state index contributed by atoms with van der Waals surface area (Å²) in [5.74, 6) is 0.0870. The van der Waals surface area contributed by atoms with Gasteiger partial charge in [0, 0.05) is 0 Å². The molecule has 0 unspecified atom stereocenters. The van der Waals surface area contributed by atoms with Crippen molar-refractivity contribution >= 4 is 18.4 Å². The summed E-state index contributed by atoms with van der Waals surface area (Å²) in [6.07, 6.45) is 0. The van der Waals surface area contributed by atoms with Crippen molar-refractivity contribution in [1.29, 1.82) is 10.5 Å². The van der Waals surface area contributed by atoms with Crippen molar-refractivity contribution in [2.45, 2.75) is 11.9 Å². The van der Waals surface area contributed by atoms with Crippen LogP contribution < -0.4 is 10.6 Å². The van der Waals surface area contributed by atoms with Crippen LogP contribution in [0.25, 0.3) is 0 Å². The summed E-state index contributed by atoms with van der Waals surface area (Å²) in [5, 5.41) is 17.5. The molecular formula is C13H17N5OS. The van der Waals surface area contributed by atoms with Crippen LogP contribution in [0.2, 0.25) is 0 Å². The maximum atomic E-state index is 8.70. The third-order valence-corrected chi connectivity index (χ3v) is 3.31. The van der Waals surface area contributed by atoms with Crippen LogP contribution in [-0.4, -0.2) is 38.3 Å². The molecule has 0 atom stereocenters. The Morgan fingerprint density at radius 2 is 1.80 bits per heavy atom. The fraction of sp³-hybridized carbons (Fsp3) is 0.462. The minimum atomic E-state index is 0.0870. The van der Waals surface area contributed by atoms with E-state index in [1.807, 2.05) is 12.1 Å². The maximum absolute atomic E-state index is 8.70. The molecule has 0 aliphatic carbocycles. The Morgan fingerprint density at radius 1 is 1.25 bits per heavy atom. The van der Waals surface area contributed by atoms with Gasteiger partial charge in [-0.15, -0.1) is 0 Å². The van der Waals surface area contributed by atoms with Gasteiger partial charge in [0.25, 0.3) is 0 Å². The highest BCUT2D eigenvalue weighted by atomic mass is 32.1. The minimum Gasteiger partial charge on any atom is -0.759 e. The van der Waals surface area contributed by atoms with Gasteiger partial charge in [0.2, 0.25) is 0 Å². The highest BCUT2D eigenvalue weighted by molar-refractivity contribution is 7.58. The summed E-state index contributed by atoms with van der Waals surface area (Å²) in [6.45, 7) is 5.89. The summed E-state index contributed by atoms with van der Waals surface area (Å²) in [5.41, 5.74) is 6.43. The fourth-order valence-electron chi connectivity index (χ4n) is 1.69. The number of hydrogen-bond donors (Lipinski definition) is 2. The van der Waals surface area contributed by atoms with Gasteiger partial charge < -0.3 is 28.0 Å². The van der Waals surface area contributed by atoms with Gasteiger partial charge in [-0.1, -0.05) is 5.03 Å². The zero-order chi connectivity index (χ0) is 15.1. The SMILES string of the molecule is C[NH+]1CCOCC1.Cc1c(C#N)c(N)nc([S-])c1C#N. The molecule has 1 saturated heterocycles. The molecule has 0 amide bonds. The van der Waals surface area contributed by atoms with Gasteiger partial charge in [-0.2, -0.15) is 10.5 Å². The van der Waals surface area contributed by atoms with Crippen LogP contribution in [0.5, 0.6) is 0 Å². The van der Waals surface area contributed by atoms with Gasteiger partial charge in [0.1, 0.15) is 25.0 Å². The molecular weight excluding hydrogens is 274 g/mol. The number of nitrogens with zero attached hydrogens (tertiary/aromatic N) is 3. The van der Waals surface area contributed by atoms with E-state index in [1.165, 1.54) is 13.1 Å². The zero-order valence-corrected chi connectivity index (χ0v) is 12.4. The first-order valence-electron chi connectivity index (χ1n) is 6.17. The Balaban J connectivity index is 0.000000240. The summed E-state index contributed by atoms with van der Waals surface area (Å²) in [7, 11) is 2.20. The number of ether oxygens (including phenoxy) is 1. The van der Waals surface area contributed by atoms with Gasteiger partial charge in [0.15, 0.2) is 0 Å². The number of nitrogens with one attached hydrogen (secondary N) is 1. The van der Waals surface area contributed by atoms with E-state index in [4.69, 9.17) is 33.6 Å². The largest absolute Gasteiger partial charge is 0.759 e. The molecule has 1 aliphatic heterocycles. The average molecular weight is 291 g/mol. The number of nitriles is 2. The molecule has 0 bridgehead atoms. The van der Waals surface area contributed by atoms with E-state index in [2.05, 4.69) is 12.0 Å². The van der Waals surface area contributed by atoms with Crippen LogP contribution in [0.15, 0.2) is 5.03 Å². The van der Waals surface area contributed by atoms with Gasteiger partial charge in [0.05, 0.1) is 37.5 Å². The Bertz CT molecular complexity index is 517. The number of quaternary nitrogens is 1. The lowest BCUT2D eigenvalue weighted by Crippen LogP contribution is -3.11. The van der Waals surface area contributed by atoms with Crippen molar-refractivity contribution in [3.63, 3.8) is 0 Å². The number of pyridine rings is 1. The molecule has 0 radical (unpaired) electrons. The standard InChI is InChI=1S/C8H6N4S.C5H11NO/c1-4-5(2-9)7(11)12-8(13)6(4)3-10;1-6-2-4-7-5-3-6/h1H3,(H3,11,12,13);2-5H2,1H3. The minimum absolute atomic E-state index is 0.0870. The van der Waals surface area contributed by atoms with Crippen LogP contribution in [0, 0.1) is 29.6 Å². The number of aromatic nitrogens is 1. The molecule has 0 spiro atoms. The lowest BCUT2D eigenvalue weighted by Gasteiger charge is -2.18. The molecule has 1 aliphatic rings. The molecule has 1 fully saturated rings. The third-order valence-electron chi connectivity index (χ3n) is 3.01. The summed E-state index contributed by atoms with van der Waals surface area (Å²) < 4.78 is 5.12. The molecule has 2 rings (SSSR count). The Hall–Kier alpha value is -1.93. The Kier molecular flexibility index (Phi) is 6.13. The first-order valence-corrected chi connectivity index (χ1v) is 6.58. The van der Waals surface area contributed by atoms with Gasteiger partial charge in [-0.05, 0) is 12.5 Å². The van der Waals surface area contributed by atoms with E-state index in [-0.39, 0.29) is 22.0 Å². The van der Waals surface area contributed by atoms with E-state index in [0.29, 0.717) is 5.56 Å². The molecule has 106 valence electrons. The Morgan fingerprint density at radius 3 is 2.20 bits per heavy atom. The number of nitrogens with two attached hydrogens (primary N) is 1. The van der Waals surface area contributed by atoms with Crippen molar-refractivity contribution in [2.75, 3.05) is 39.1 Å². The average Bonchev–Trinajstić information content (AvgIpc) is 2.40.